The van der Waals surface area contributed by atoms with Gasteiger partial charge in [0.1, 0.15) is 6.61 Å². The molecule has 7 nitrogen and oxygen atoms in total. The molecule has 102 valence electrons. The molecule has 0 amide bonds. The summed E-state index contributed by atoms with van der Waals surface area (Å²) in [6.45, 7) is 3.80. The van der Waals surface area contributed by atoms with Gasteiger partial charge in [-0.1, -0.05) is 0 Å². The molecule has 0 N–H and O–H groups in total. The summed E-state index contributed by atoms with van der Waals surface area (Å²) in [5, 5.41) is 0. The molecule has 1 aliphatic heterocycles. The molecule has 1 saturated heterocycles. The molecule has 1 heterocycles. The summed E-state index contributed by atoms with van der Waals surface area (Å²) in [5.74, 6) is -1.46. The predicted molar refractivity (Wildman–Crippen MR) is 57.2 cm³/mol. The molecule has 1 fully saturated rings. The zero-order valence-electron chi connectivity index (χ0n) is 10.5. The van der Waals surface area contributed by atoms with Crippen molar-refractivity contribution in [3.63, 3.8) is 0 Å². The molecule has 0 aromatic heterocycles. The summed E-state index contributed by atoms with van der Waals surface area (Å²) in [7, 11) is 0. The third kappa shape index (κ3) is 4.70. The molecule has 0 saturated carbocycles. The van der Waals surface area contributed by atoms with Gasteiger partial charge < -0.3 is 18.9 Å². The van der Waals surface area contributed by atoms with Crippen molar-refractivity contribution in [2.24, 2.45) is 0 Å². The molecule has 7 heteroatoms. The largest absolute Gasteiger partial charge is 0.463 e. The van der Waals surface area contributed by atoms with Gasteiger partial charge in [-0.25, -0.2) is 0 Å². The summed E-state index contributed by atoms with van der Waals surface area (Å²) in [6, 6.07) is 0. The van der Waals surface area contributed by atoms with Crippen LogP contribution in [0.3, 0.4) is 0 Å². The van der Waals surface area contributed by atoms with Crippen molar-refractivity contribution >= 4 is 17.9 Å². The van der Waals surface area contributed by atoms with Gasteiger partial charge in [0.2, 0.25) is 6.29 Å². The fourth-order valence-corrected chi connectivity index (χ4v) is 1.60. The van der Waals surface area contributed by atoms with Crippen molar-refractivity contribution in [3.8, 4) is 0 Å². The maximum Gasteiger partial charge on any atom is 0.305 e. The first-order valence-corrected chi connectivity index (χ1v) is 5.51. The standard InChI is InChI=1S/C11H16O7/c1-6(12)15-5-9-4-10(16-7(2)13)11(18-9)17-8(3)14/h9-11H,4-5H2,1-3H3/t9?,10?,11-/m1/s1. The van der Waals surface area contributed by atoms with E-state index in [4.69, 9.17) is 18.9 Å². The molecular weight excluding hydrogens is 244 g/mol. The van der Waals surface area contributed by atoms with Crippen LogP contribution in [0.15, 0.2) is 0 Å². The Labute approximate surface area is 104 Å². The van der Waals surface area contributed by atoms with E-state index >= 15 is 0 Å². The van der Waals surface area contributed by atoms with E-state index in [9.17, 15) is 14.4 Å². The van der Waals surface area contributed by atoms with E-state index in [0.717, 1.165) is 0 Å². The lowest BCUT2D eigenvalue weighted by molar-refractivity contribution is -0.196. The molecule has 0 aromatic rings. The zero-order valence-corrected chi connectivity index (χ0v) is 10.5. The Hall–Kier alpha value is -1.63. The third-order valence-corrected chi connectivity index (χ3v) is 2.20. The second-order valence-corrected chi connectivity index (χ2v) is 3.92. The lowest BCUT2D eigenvalue weighted by atomic mass is 10.2. The Morgan fingerprint density at radius 1 is 1.06 bits per heavy atom. The smallest absolute Gasteiger partial charge is 0.305 e. The highest BCUT2D eigenvalue weighted by Crippen LogP contribution is 2.24. The number of carbonyl (C=O) groups excluding carboxylic acids is 3. The molecule has 0 spiro atoms. The van der Waals surface area contributed by atoms with Gasteiger partial charge in [0.15, 0.2) is 6.10 Å². The Balaban J connectivity index is 2.54. The van der Waals surface area contributed by atoms with E-state index in [-0.39, 0.29) is 6.61 Å². The Bertz CT molecular complexity index is 314. The van der Waals surface area contributed by atoms with Crippen molar-refractivity contribution in [1.82, 2.24) is 0 Å². The van der Waals surface area contributed by atoms with Gasteiger partial charge in [-0.15, -0.1) is 0 Å². The normalized spacial score (nSPS) is 26.5. The van der Waals surface area contributed by atoms with Gasteiger partial charge in [-0.05, 0) is 0 Å². The van der Waals surface area contributed by atoms with E-state index in [1.165, 1.54) is 20.8 Å². The highest BCUT2D eigenvalue weighted by molar-refractivity contribution is 5.67. The van der Waals surface area contributed by atoms with E-state index in [2.05, 4.69) is 0 Å². The molecule has 18 heavy (non-hydrogen) atoms. The van der Waals surface area contributed by atoms with Crippen molar-refractivity contribution in [2.75, 3.05) is 6.61 Å². The van der Waals surface area contributed by atoms with Crippen LogP contribution in [0.2, 0.25) is 0 Å². The van der Waals surface area contributed by atoms with Crippen LogP contribution < -0.4 is 0 Å². The minimum absolute atomic E-state index is 0.0326. The van der Waals surface area contributed by atoms with Gasteiger partial charge in [-0.3, -0.25) is 14.4 Å². The monoisotopic (exact) mass is 260 g/mol. The Kier molecular flexibility index (Phi) is 5.08. The Morgan fingerprint density at radius 3 is 2.17 bits per heavy atom. The molecule has 1 rings (SSSR count). The van der Waals surface area contributed by atoms with E-state index in [0.29, 0.717) is 6.42 Å². The van der Waals surface area contributed by atoms with Crippen LogP contribution in [-0.4, -0.2) is 43.0 Å². The predicted octanol–water partition coefficient (Wildman–Crippen LogP) is 0.159. The van der Waals surface area contributed by atoms with Gasteiger partial charge in [0.25, 0.3) is 0 Å². The Morgan fingerprint density at radius 2 is 1.67 bits per heavy atom. The number of rotatable bonds is 4. The quantitative estimate of drug-likeness (QED) is 0.525. The first-order chi connectivity index (χ1) is 8.38. The van der Waals surface area contributed by atoms with Crippen molar-refractivity contribution in [1.29, 1.82) is 0 Å². The van der Waals surface area contributed by atoms with E-state index < -0.39 is 36.4 Å². The van der Waals surface area contributed by atoms with Crippen molar-refractivity contribution < 1.29 is 33.3 Å². The topological polar surface area (TPSA) is 88.1 Å². The molecule has 2 unspecified atom stereocenters. The van der Waals surface area contributed by atoms with Crippen LogP contribution in [0.25, 0.3) is 0 Å². The molecule has 0 aliphatic carbocycles. The molecule has 3 atom stereocenters. The van der Waals surface area contributed by atoms with Crippen LogP contribution in [0.1, 0.15) is 27.2 Å². The van der Waals surface area contributed by atoms with Crippen molar-refractivity contribution in [3.05, 3.63) is 0 Å². The average molecular weight is 260 g/mol. The van der Waals surface area contributed by atoms with Gasteiger partial charge in [0, 0.05) is 27.2 Å². The van der Waals surface area contributed by atoms with E-state index in [1.807, 2.05) is 0 Å². The highest BCUT2D eigenvalue weighted by Gasteiger charge is 2.40. The fraction of sp³-hybridized carbons (Fsp3) is 0.727. The molecule has 1 aliphatic rings. The van der Waals surface area contributed by atoms with Crippen LogP contribution in [0.5, 0.6) is 0 Å². The lowest BCUT2D eigenvalue weighted by Gasteiger charge is -2.17. The summed E-state index contributed by atoms with van der Waals surface area (Å²) < 4.78 is 20.0. The number of hydrogen-bond acceptors (Lipinski definition) is 7. The fourth-order valence-electron chi connectivity index (χ4n) is 1.60. The zero-order chi connectivity index (χ0) is 13.7. The maximum absolute atomic E-state index is 10.9. The van der Waals surface area contributed by atoms with Crippen LogP contribution in [0.4, 0.5) is 0 Å². The van der Waals surface area contributed by atoms with E-state index in [1.54, 1.807) is 0 Å². The van der Waals surface area contributed by atoms with Crippen LogP contribution in [-0.2, 0) is 33.3 Å². The van der Waals surface area contributed by atoms with Gasteiger partial charge >= 0.3 is 17.9 Å². The number of esters is 3. The highest BCUT2D eigenvalue weighted by atomic mass is 16.7. The number of ether oxygens (including phenoxy) is 4. The number of hydrogen-bond donors (Lipinski definition) is 0. The minimum atomic E-state index is -0.952. The molecular formula is C11H16O7. The average Bonchev–Trinajstić information content (AvgIpc) is 2.56. The second kappa shape index (κ2) is 6.34. The third-order valence-electron chi connectivity index (χ3n) is 2.20. The first kappa shape index (κ1) is 14.4. The lowest BCUT2D eigenvalue weighted by Crippen LogP contribution is -2.30. The molecule has 0 aromatic carbocycles. The number of carbonyl (C=O) groups is 3. The summed E-state index contributed by atoms with van der Waals surface area (Å²) in [4.78, 5) is 32.4. The minimum Gasteiger partial charge on any atom is -0.463 e. The van der Waals surface area contributed by atoms with Gasteiger partial charge in [0.05, 0.1) is 6.10 Å². The maximum atomic E-state index is 10.9. The summed E-state index contributed by atoms with van der Waals surface area (Å²) >= 11 is 0. The van der Waals surface area contributed by atoms with Crippen molar-refractivity contribution in [2.45, 2.75) is 45.7 Å². The van der Waals surface area contributed by atoms with Crippen LogP contribution in [0, 0.1) is 0 Å². The van der Waals surface area contributed by atoms with Crippen LogP contribution >= 0.6 is 0 Å². The van der Waals surface area contributed by atoms with Gasteiger partial charge in [-0.2, -0.15) is 0 Å². The summed E-state index contributed by atoms with van der Waals surface area (Å²) in [5.41, 5.74) is 0. The molecule has 0 bridgehead atoms. The second-order valence-electron chi connectivity index (χ2n) is 3.92. The molecule has 0 radical (unpaired) electrons. The summed E-state index contributed by atoms with van der Waals surface area (Å²) in [6.07, 6.45) is -1.77. The SMILES string of the molecule is CC(=O)OCC1CC(OC(C)=O)[C@H](OC(C)=O)O1. The first-order valence-electron chi connectivity index (χ1n) is 5.51.